The molecular formula is C45H29N3O. The molecule has 4 heteroatoms. The molecule has 0 unspecified atom stereocenters. The number of nitrogens with zero attached hydrogens (tertiary/aromatic N) is 3. The molecule has 49 heavy (non-hydrogen) atoms. The van der Waals surface area contributed by atoms with Crippen molar-refractivity contribution in [2.24, 2.45) is 0 Å². The van der Waals surface area contributed by atoms with E-state index in [1.165, 1.54) is 0 Å². The van der Waals surface area contributed by atoms with Crippen molar-refractivity contribution in [2.45, 2.75) is 0 Å². The molecular weight excluding hydrogens is 599 g/mol. The van der Waals surface area contributed by atoms with Crippen LogP contribution in [-0.2, 0) is 0 Å². The zero-order chi connectivity index (χ0) is 38.7. The summed E-state index contributed by atoms with van der Waals surface area (Å²) in [5.41, 5.74) is 6.81. The fraction of sp³-hybridized carbons (Fsp3) is 0. The lowest BCUT2D eigenvalue weighted by molar-refractivity contribution is 0.669. The maximum atomic E-state index is 9.21. The van der Waals surface area contributed by atoms with Gasteiger partial charge in [0.1, 0.15) is 11.2 Å². The van der Waals surface area contributed by atoms with Crippen molar-refractivity contribution in [1.29, 1.82) is 0 Å². The number of rotatable bonds is 6. The molecule has 4 nitrogen and oxygen atoms in total. The lowest BCUT2D eigenvalue weighted by atomic mass is 9.96. The summed E-state index contributed by atoms with van der Waals surface area (Å²) in [4.78, 5) is 14.9. The normalized spacial score (nSPS) is 13.3. The third kappa shape index (κ3) is 5.45. The van der Waals surface area contributed by atoms with Gasteiger partial charge >= 0.3 is 0 Å². The zero-order valence-corrected chi connectivity index (χ0v) is 26.0. The van der Waals surface area contributed by atoms with E-state index in [1.54, 1.807) is 0 Å². The Hall–Kier alpha value is -6.65. The molecule has 0 fully saturated rings. The van der Waals surface area contributed by atoms with Crippen LogP contribution in [0.3, 0.4) is 0 Å². The molecule has 0 amide bonds. The van der Waals surface area contributed by atoms with Crippen LogP contribution in [0.2, 0.25) is 0 Å². The summed E-state index contributed by atoms with van der Waals surface area (Å²) in [5, 5.41) is 0.0414. The van der Waals surface area contributed by atoms with Gasteiger partial charge in [-0.05, 0) is 63.7 Å². The molecule has 0 spiro atoms. The van der Waals surface area contributed by atoms with E-state index in [-0.39, 0.29) is 51.0 Å². The quantitative estimate of drug-likeness (QED) is 0.183. The Morgan fingerprint density at radius 2 is 0.857 bits per heavy atom. The average Bonchev–Trinajstić information content (AvgIpc) is 3.65. The first-order valence-electron chi connectivity index (χ1n) is 19.3. The number of benzene rings is 7. The second-order valence-electron chi connectivity index (χ2n) is 11.5. The molecule has 0 N–H and O–H groups in total. The summed E-state index contributed by atoms with van der Waals surface area (Å²) >= 11 is 0. The van der Waals surface area contributed by atoms with Crippen LogP contribution in [0.25, 0.3) is 89.5 Å². The molecule has 0 aliphatic carbocycles. The summed E-state index contributed by atoms with van der Waals surface area (Å²) in [6.45, 7) is 0. The van der Waals surface area contributed by atoms with Gasteiger partial charge in [0.15, 0.2) is 17.5 Å². The molecule has 9 rings (SSSR count). The number of aromatic nitrogens is 3. The number of furan rings is 1. The van der Waals surface area contributed by atoms with E-state index in [4.69, 9.17) is 27.6 Å². The van der Waals surface area contributed by atoms with Crippen LogP contribution < -0.4 is 0 Å². The number of para-hydroxylation sites is 1. The van der Waals surface area contributed by atoms with Gasteiger partial charge in [0.2, 0.25) is 0 Å². The lowest BCUT2D eigenvalue weighted by Crippen LogP contribution is -2.01. The standard InChI is InChI=1S/C45H29N3O/c1-4-13-30(14-5-1)33-23-25-34(26-24-33)43-46-44(48-45(47-43)39-20-12-22-41-42(39)38-19-10-11-21-40(38)49-41)37-28-35(31-15-6-2-7-16-31)27-36(29-37)32-17-8-3-9-18-32/h1-29H/i10D,11D,12D,19D,20D,21D,22D. The molecule has 0 atom stereocenters. The first kappa shape index (κ1) is 22.0. The van der Waals surface area contributed by atoms with Crippen LogP contribution in [-0.4, -0.2) is 15.0 Å². The molecule has 0 aliphatic heterocycles. The van der Waals surface area contributed by atoms with Crippen LogP contribution in [0, 0.1) is 0 Å². The average molecular weight is 635 g/mol. The lowest BCUT2D eigenvalue weighted by Gasteiger charge is -2.13. The largest absolute Gasteiger partial charge is 0.456 e. The van der Waals surface area contributed by atoms with Gasteiger partial charge in [-0.2, -0.15) is 0 Å². The van der Waals surface area contributed by atoms with Gasteiger partial charge in [-0.25, -0.2) is 15.0 Å². The van der Waals surface area contributed by atoms with Crippen molar-refractivity contribution in [1.82, 2.24) is 15.0 Å². The third-order valence-electron chi connectivity index (χ3n) is 8.46. The van der Waals surface area contributed by atoms with Crippen molar-refractivity contribution >= 4 is 21.9 Å². The summed E-state index contributed by atoms with van der Waals surface area (Å²) in [5.74, 6) is 0.540. The summed E-state index contributed by atoms with van der Waals surface area (Å²) in [6, 6.07) is 40.7. The number of fused-ring (bicyclic) bond motifs is 3. The van der Waals surface area contributed by atoms with E-state index < -0.39 is 36.3 Å². The second kappa shape index (κ2) is 12.2. The fourth-order valence-corrected chi connectivity index (χ4v) is 6.07. The van der Waals surface area contributed by atoms with Crippen LogP contribution in [0.1, 0.15) is 9.60 Å². The Labute approximate surface area is 293 Å². The Balaban J connectivity index is 1.35. The minimum atomic E-state index is -0.497. The summed E-state index contributed by atoms with van der Waals surface area (Å²) < 4.78 is 66.9. The molecule has 0 saturated carbocycles. The highest BCUT2D eigenvalue weighted by Gasteiger charge is 2.19. The number of hydrogen-bond acceptors (Lipinski definition) is 4. The van der Waals surface area contributed by atoms with Gasteiger partial charge in [-0.3, -0.25) is 0 Å². The number of hydrogen-bond donors (Lipinski definition) is 0. The molecule has 0 saturated heterocycles. The first-order valence-corrected chi connectivity index (χ1v) is 15.8. The van der Waals surface area contributed by atoms with E-state index in [9.17, 15) is 1.37 Å². The Morgan fingerprint density at radius 3 is 1.49 bits per heavy atom. The summed E-state index contributed by atoms with van der Waals surface area (Å²) in [6.07, 6.45) is 0. The van der Waals surface area contributed by atoms with Crippen molar-refractivity contribution in [2.75, 3.05) is 0 Å². The van der Waals surface area contributed by atoms with Crippen molar-refractivity contribution in [3.8, 4) is 67.5 Å². The van der Waals surface area contributed by atoms with Crippen LogP contribution in [0.5, 0.6) is 0 Å². The maximum absolute atomic E-state index is 9.21. The van der Waals surface area contributed by atoms with E-state index in [0.29, 0.717) is 11.1 Å². The molecule has 0 bridgehead atoms. The van der Waals surface area contributed by atoms with E-state index in [0.717, 1.165) is 33.4 Å². The molecule has 2 aromatic heterocycles. The first-order chi connectivity index (χ1) is 27.2. The predicted molar refractivity (Wildman–Crippen MR) is 200 cm³/mol. The monoisotopic (exact) mass is 634 g/mol. The topological polar surface area (TPSA) is 51.8 Å². The van der Waals surface area contributed by atoms with E-state index in [2.05, 4.69) is 6.07 Å². The van der Waals surface area contributed by atoms with Gasteiger partial charge in [0, 0.05) is 27.5 Å². The van der Waals surface area contributed by atoms with Crippen molar-refractivity contribution < 1.29 is 14.0 Å². The van der Waals surface area contributed by atoms with E-state index >= 15 is 0 Å². The molecule has 230 valence electrons. The zero-order valence-electron chi connectivity index (χ0n) is 33.0. The highest BCUT2D eigenvalue weighted by Crippen LogP contribution is 2.38. The Bertz CT molecular complexity index is 2920. The van der Waals surface area contributed by atoms with Crippen molar-refractivity contribution in [3.05, 3.63) is 176 Å². The van der Waals surface area contributed by atoms with E-state index in [1.807, 2.05) is 127 Å². The van der Waals surface area contributed by atoms with Crippen LogP contribution in [0.15, 0.2) is 180 Å². The third-order valence-corrected chi connectivity index (χ3v) is 8.46. The van der Waals surface area contributed by atoms with Gasteiger partial charge in [-0.15, -0.1) is 0 Å². The van der Waals surface area contributed by atoms with Gasteiger partial charge in [-0.1, -0.05) is 145 Å². The fourth-order valence-electron chi connectivity index (χ4n) is 6.07. The smallest absolute Gasteiger partial charge is 0.164 e. The Kier molecular flexibility index (Phi) is 5.47. The van der Waals surface area contributed by atoms with Gasteiger partial charge < -0.3 is 4.42 Å². The predicted octanol–water partition coefficient (Wildman–Crippen LogP) is 11.8. The minimum absolute atomic E-state index is 0.00177. The SMILES string of the molecule is [2H]c1c([2H])c([2H])c2c(oc3c([2H])c([2H])c([2H])c(-c4nc(-c5ccc(-c6ccccc6)cc5)nc(-c5cc(-c6ccccc6)cc(-c6ccccc6)c5)n4)c32)c1[2H]. The minimum Gasteiger partial charge on any atom is -0.456 e. The maximum Gasteiger partial charge on any atom is 0.164 e. The highest BCUT2D eigenvalue weighted by molar-refractivity contribution is 6.11. The molecule has 0 aliphatic rings. The molecule has 7 aromatic carbocycles. The van der Waals surface area contributed by atoms with Gasteiger partial charge in [0.05, 0.1) is 9.60 Å². The molecule has 0 radical (unpaired) electrons. The van der Waals surface area contributed by atoms with Crippen LogP contribution >= 0.6 is 0 Å². The highest BCUT2D eigenvalue weighted by atomic mass is 16.3. The Morgan fingerprint density at radius 1 is 0.388 bits per heavy atom. The van der Waals surface area contributed by atoms with Gasteiger partial charge in [0.25, 0.3) is 0 Å². The molecule has 9 aromatic rings. The van der Waals surface area contributed by atoms with Crippen molar-refractivity contribution in [3.63, 3.8) is 0 Å². The summed E-state index contributed by atoms with van der Waals surface area (Å²) in [7, 11) is 0. The second-order valence-corrected chi connectivity index (χ2v) is 11.5. The van der Waals surface area contributed by atoms with Crippen LogP contribution in [0.4, 0.5) is 0 Å². The molecule has 2 heterocycles.